The molecule has 22 heavy (non-hydrogen) atoms. The monoisotopic (exact) mass is 338 g/mol. The lowest BCUT2D eigenvalue weighted by Crippen LogP contribution is -2.12. The van der Waals surface area contributed by atoms with E-state index in [0.717, 1.165) is 17.8 Å². The molecule has 7 heteroatoms. The van der Waals surface area contributed by atoms with Gasteiger partial charge in [0.2, 0.25) is 0 Å². The number of carbonyl (C=O) groups is 2. The fourth-order valence-corrected chi connectivity index (χ4v) is 3.26. The molecule has 0 bridgehead atoms. The largest absolute Gasteiger partial charge is 0.478 e. The summed E-state index contributed by atoms with van der Waals surface area (Å²) in [6, 6.07) is 4.30. The van der Waals surface area contributed by atoms with Crippen LogP contribution in [0.25, 0.3) is 0 Å². The summed E-state index contributed by atoms with van der Waals surface area (Å²) >= 11 is 7.26. The molecule has 1 amide bonds. The van der Waals surface area contributed by atoms with Gasteiger partial charge in [-0.1, -0.05) is 18.5 Å². The molecule has 2 rings (SSSR count). The van der Waals surface area contributed by atoms with Gasteiger partial charge in [0.25, 0.3) is 5.91 Å². The van der Waals surface area contributed by atoms with Gasteiger partial charge in [0.05, 0.1) is 21.3 Å². The number of thiazole rings is 1. The molecule has 2 N–H and O–H groups in total. The van der Waals surface area contributed by atoms with Gasteiger partial charge in [0, 0.05) is 5.69 Å². The maximum absolute atomic E-state index is 12.3. The van der Waals surface area contributed by atoms with Crippen molar-refractivity contribution in [2.75, 3.05) is 5.32 Å². The Labute approximate surface area is 137 Å². The van der Waals surface area contributed by atoms with Gasteiger partial charge < -0.3 is 10.4 Å². The molecule has 0 saturated carbocycles. The second-order valence-electron chi connectivity index (χ2n) is 4.73. The van der Waals surface area contributed by atoms with Crippen molar-refractivity contribution in [1.82, 2.24) is 4.98 Å². The Morgan fingerprint density at radius 1 is 1.41 bits per heavy atom. The van der Waals surface area contributed by atoms with Crippen LogP contribution < -0.4 is 5.32 Å². The second-order valence-corrected chi connectivity index (χ2v) is 6.22. The number of carbonyl (C=O) groups excluding carboxylic acids is 1. The fraction of sp³-hybridized carbons (Fsp3) is 0.267. The van der Waals surface area contributed by atoms with Crippen LogP contribution in [0.4, 0.5) is 5.69 Å². The van der Waals surface area contributed by atoms with Gasteiger partial charge in [-0.05, 0) is 38.0 Å². The number of nitrogens with one attached hydrogen (secondary N) is 1. The Balaban J connectivity index is 2.18. The lowest BCUT2D eigenvalue weighted by molar-refractivity contribution is 0.0697. The number of aryl methyl sites for hydroxylation is 2. The van der Waals surface area contributed by atoms with Crippen molar-refractivity contribution >= 4 is 40.5 Å². The van der Waals surface area contributed by atoms with E-state index < -0.39 is 5.97 Å². The molecular formula is C15H15ClN2O3S. The third-order valence-electron chi connectivity index (χ3n) is 2.97. The summed E-state index contributed by atoms with van der Waals surface area (Å²) < 4.78 is 0. The van der Waals surface area contributed by atoms with Crippen molar-refractivity contribution in [1.29, 1.82) is 0 Å². The zero-order chi connectivity index (χ0) is 16.3. The number of carboxylic acid groups (broad SMARTS) is 1. The molecule has 0 unspecified atom stereocenters. The zero-order valence-electron chi connectivity index (χ0n) is 12.1. The number of benzene rings is 1. The van der Waals surface area contributed by atoms with Gasteiger partial charge in [-0.25, -0.2) is 9.78 Å². The molecule has 0 atom stereocenters. The Hall–Kier alpha value is -1.92. The minimum absolute atomic E-state index is 0.00105. The summed E-state index contributed by atoms with van der Waals surface area (Å²) in [5.74, 6) is -1.37. The summed E-state index contributed by atoms with van der Waals surface area (Å²) in [5, 5.41) is 12.7. The number of halogens is 1. The van der Waals surface area contributed by atoms with E-state index in [4.69, 9.17) is 16.7 Å². The van der Waals surface area contributed by atoms with Gasteiger partial charge in [-0.2, -0.15) is 0 Å². The lowest BCUT2D eigenvalue weighted by atomic mass is 10.2. The number of hydrogen-bond acceptors (Lipinski definition) is 4. The highest BCUT2D eigenvalue weighted by Gasteiger charge is 2.16. The molecule has 1 heterocycles. The number of anilines is 1. The SMILES string of the molecule is CCCc1nc(C)c(C(=O)Nc2ccc(C(=O)O)c(Cl)c2)s1. The van der Waals surface area contributed by atoms with Crippen LogP contribution in [0.1, 0.15) is 44.1 Å². The molecule has 5 nitrogen and oxygen atoms in total. The minimum atomic E-state index is -1.11. The van der Waals surface area contributed by atoms with Gasteiger partial charge in [0.15, 0.2) is 0 Å². The van der Waals surface area contributed by atoms with Crippen molar-refractivity contribution in [3.63, 3.8) is 0 Å². The minimum Gasteiger partial charge on any atom is -0.478 e. The molecular weight excluding hydrogens is 324 g/mol. The molecule has 116 valence electrons. The zero-order valence-corrected chi connectivity index (χ0v) is 13.7. The van der Waals surface area contributed by atoms with E-state index in [-0.39, 0.29) is 16.5 Å². The van der Waals surface area contributed by atoms with E-state index in [1.165, 1.54) is 29.5 Å². The third kappa shape index (κ3) is 3.64. The normalized spacial score (nSPS) is 10.5. The van der Waals surface area contributed by atoms with Gasteiger partial charge in [-0.3, -0.25) is 4.79 Å². The first-order valence-corrected chi connectivity index (χ1v) is 7.92. The molecule has 1 aromatic carbocycles. The Morgan fingerprint density at radius 3 is 2.73 bits per heavy atom. The predicted molar refractivity (Wildman–Crippen MR) is 87.2 cm³/mol. The maximum atomic E-state index is 12.3. The number of aromatic carboxylic acids is 1. The van der Waals surface area contributed by atoms with Crippen LogP contribution >= 0.6 is 22.9 Å². The van der Waals surface area contributed by atoms with E-state index in [0.29, 0.717) is 16.3 Å². The highest BCUT2D eigenvalue weighted by Crippen LogP contribution is 2.24. The van der Waals surface area contributed by atoms with Crippen LogP contribution in [-0.2, 0) is 6.42 Å². The number of aromatic nitrogens is 1. The van der Waals surface area contributed by atoms with Crippen molar-refractivity contribution in [3.8, 4) is 0 Å². The second kappa shape index (κ2) is 6.89. The summed E-state index contributed by atoms with van der Waals surface area (Å²) in [5.41, 5.74) is 1.14. The quantitative estimate of drug-likeness (QED) is 0.863. The first kappa shape index (κ1) is 16.5. The van der Waals surface area contributed by atoms with E-state index in [2.05, 4.69) is 17.2 Å². The standard InChI is InChI=1S/C15H15ClN2O3S/c1-3-4-12-17-8(2)13(22-12)14(19)18-9-5-6-10(15(20)21)11(16)7-9/h5-7H,3-4H2,1-2H3,(H,18,19)(H,20,21). The molecule has 0 radical (unpaired) electrons. The van der Waals surface area contributed by atoms with Gasteiger partial charge in [0.1, 0.15) is 4.88 Å². The van der Waals surface area contributed by atoms with E-state index in [1.54, 1.807) is 6.92 Å². The average molecular weight is 339 g/mol. The molecule has 0 spiro atoms. The highest BCUT2D eigenvalue weighted by molar-refractivity contribution is 7.13. The molecule has 0 saturated heterocycles. The van der Waals surface area contributed by atoms with Gasteiger partial charge in [-0.15, -0.1) is 11.3 Å². The molecule has 0 aliphatic carbocycles. The number of carboxylic acids is 1. The maximum Gasteiger partial charge on any atom is 0.337 e. The van der Waals surface area contributed by atoms with E-state index in [9.17, 15) is 9.59 Å². The van der Waals surface area contributed by atoms with Crippen molar-refractivity contribution in [2.45, 2.75) is 26.7 Å². The molecule has 2 aromatic rings. The lowest BCUT2D eigenvalue weighted by Gasteiger charge is -2.06. The Bertz CT molecular complexity index is 728. The van der Waals surface area contributed by atoms with Crippen molar-refractivity contribution < 1.29 is 14.7 Å². The molecule has 1 aromatic heterocycles. The number of rotatable bonds is 5. The van der Waals surface area contributed by atoms with Crippen LogP contribution in [0.3, 0.4) is 0 Å². The number of nitrogens with zero attached hydrogens (tertiary/aromatic N) is 1. The average Bonchev–Trinajstić information content (AvgIpc) is 2.80. The number of amides is 1. The van der Waals surface area contributed by atoms with E-state index in [1.807, 2.05) is 0 Å². The fourth-order valence-electron chi connectivity index (χ4n) is 1.94. The van der Waals surface area contributed by atoms with Crippen LogP contribution in [0.2, 0.25) is 5.02 Å². The van der Waals surface area contributed by atoms with Crippen LogP contribution in [0.5, 0.6) is 0 Å². The first-order chi connectivity index (χ1) is 10.4. The smallest absolute Gasteiger partial charge is 0.337 e. The Kier molecular flexibility index (Phi) is 5.15. The highest BCUT2D eigenvalue weighted by atomic mass is 35.5. The van der Waals surface area contributed by atoms with Crippen LogP contribution in [-0.4, -0.2) is 22.0 Å². The van der Waals surface area contributed by atoms with E-state index >= 15 is 0 Å². The summed E-state index contributed by atoms with van der Waals surface area (Å²) in [4.78, 5) is 28.1. The molecule has 0 aliphatic heterocycles. The molecule has 0 fully saturated rings. The number of hydrogen-bond donors (Lipinski definition) is 2. The topological polar surface area (TPSA) is 79.3 Å². The van der Waals surface area contributed by atoms with Crippen LogP contribution in [0, 0.1) is 6.92 Å². The molecule has 0 aliphatic rings. The Morgan fingerprint density at radius 2 is 2.14 bits per heavy atom. The summed E-state index contributed by atoms with van der Waals surface area (Å²) in [7, 11) is 0. The first-order valence-electron chi connectivity index (χ1n) is 6.72. The van der Waals surface area contributed by atoms with Crippen molar-refractivity contribution in [3.05, 3.63) is 44.4 Å². The summed E-state index contributed by atoms with van der Waals surface area (Å²) in [6.07, 6.45) is 1.82. The van der Waals surface area contributed by atoms with Crippen molar-refractivity contribution in [2.24, 2.45) is 0 Å². The van der Waals surface area contributed by atoms with Crippen LogP contribution in [0.15, 0.2) is 18.2 Å². The summed E-state index contributed by atoms with van der Waals surface area (Å²) in [6.45, 7) is 3.85. The van der Waals surface area contributed by atoms with Gasteiger partial charge >= 0.3 is 5.97 Å². The predicted octanol–water partition coefficient (Wildman–Crippen LogP) is 4.01. The third-order valence-corrected chi connectivity index (χ3v) is 4.50.